The van der Waals surface area contributed by atoms with Crippen molar-refractivity contribution < 1.29 is 17.2 Å². The molecule has 4 rings (SSSR count). The first-order valence-electron chi connectivity index (χ1n) is 9.67. The molecule has 1 atom stereocenters. The maximum absolute atomic E-state index is 14.1. The van der Waals surface area contributed by atoms with Crippen LogP contribution in [0.5, 0.6) is 0 Å². The molecule has 1 aliphatic heterocycles. The van der Waals surface area contributed by atoms with Crippen LogP contribution in [-0.4, -0.2) is 31.6 Å². The highest BCUT2D eigenvalue weighted by Crippen LogP contribution is 2.37. The molecule has 0 N–H and O–H groups in total. The van der Waals surface area contributed by atoms with Gasteiger partial charge in [0.25, 0.3) is 0 Å². The predicted octanol–water partition coefficient (Wildman–Crippen LogP) is 5.50. The Morgan fingerprint density at radius 1 is 0.867 bits per heavy atom. The number of hydrogen-bond acceptors (Lipinski definition) is 3. The van der Waals surface area contributed by atoms with Crippen molar-refractivity contribution in [1.29, 1.82) is 0 Å². The fourth-order valence-corrected chi connectivity index (χ4v) is 6.41. The molecular formula is C23H21F2NO2S2. The Morgan fingerprint density at radius 2 is 1.57 bits per heavy atom. The van der Waals surface area contributed by atoms with E-state index in [2.05, 4.69) is 0 Å². The van der Waals surface area contributed by atoms with Crippen molar-refractivity contribution in [3.05, 3.63) is 90.0 Å². The molecule has 0 aromatic heterocycles. The lowest BCUT2D eigenvalue weighted by atomic mass is 10.1. The van der Waals surface area contributed by atoms with Crippen molar-refractivity contribution in [3.63, 3.8) is 0 Å². The van der Waals surface area contributed by atoms with Crippen LogP contribution >= 0.6 is 11.8 Å². The minimum atomic E-state index is -3.66. The minimum absolute atomic E-state index is 0.238. The fraction of sp³-hybridized carbons (Fsp3) is 0.217. The highest BCUT2D eigenvalue weighted by Gasteiger charge is 2.29. The van der Waals surface area contributed by atoms with Gasteiger partial charge in [0.1, 0.15) is 11.6 Å². The summed E-state index contributed by atoms with van der Waals surface area (Å²) >= 11 is 1.46. The number of hydrogen-bond donors (Lipinski definition) is 0. The van der Waals surface area contributed by atoms with Gasteiger partial charge in [0.05, 0.1) is 4.90 Å². The van der Waals surface area contributed by atoms with Crippen LogP contribution in [0.3, 0.4) is 0 Å². The number of rotatable bonds is 4. The standard InChI is InChI=1S/C23H21F2NO2S2/c24-19-8-11-22(25)21(16-19)23-12-13-26(14-15-29-23)30(27,28)20-9-6-18(7-10-20)17-4-2-1-3-5-17/h1-11,16,23H,12-15H2. The first-order valence-corrected chi connectivity index (χ1v) is 12.2. The van der Waals surface area contributed by atoms with Crippen molar-refractivity contribution in [3.8, 4) is 11.1 Å². The van der Waals surface area contributed by atoms with Gasteiger partial charge in [0.2, 0.25) is 10.0 Å². The first-order chi connectivity index (χ1) is 14.4. The third-order valence-corrected chi connectivity index (χ3v) is 8.43. The van der Waals surface area contributed by atoms with Gasteiger partial charge in [-0.05, 0) is 47.9 Å². The topological polar surface area (TPSA) is 37.4 Å². The quantitative estimate of drug-likeness (QED) is 0.532. The van der Waals surface area contributed by atoms with E-state index < -0.39 is 21.7 Å². The zero-order valence-corrected chi connectivity index (χ0v) is 17.8. The van der Waals surface area contributed by atoms with Gasteiger partial charge < -0.3 is 0 Å². The molecule has 30 heavy (non-hydrogen) atoms. The molecule has 3 nitrogen and oxygen atoms in total. The van der Waals surface area contributed by atoms with Crippen molar-refractivity contribution in [1.82, 2.24) is 4.31 Å². The van der Waals surface area contributed by atoms with E-state index in [9.17, 15) is 17.2 Å². The van der Waals surface area contributed by atoms with Crippen molar-refractivity contribution in [2.75, 3.05) is 18.8 Å². The summed E-state index contributed by atoms with van der Waals surface area (Å²) in [5.41, 5.74) is 2.27. The molecule has 156 valence electrons. The molecule has 1 unspecified atom stereocenters. The minimum Gasteiger partial charge on any atom is -0.207 e. The predicted molar refractivity (Wildman–Crippen MR) is 117 cm³/mol. The summed E-state index contributed by atoms with van der Waals surface area (Å²) in [7, 11) is -3.66. The van der Waals surface area contributed by atoms with Gasteiger partial charge >= 0.3 is 0 Å². The molecule has 7 heteroatoms. The van der Waals surface area contributed by atoms with E-state index in [4.69, 9.17) is 0 Å². The second-order valence-electron chi connectivity index (χ2n) is 7.11. The van der Waals surface area contributed by atoms with Crippen LogP contribution in [0.4, 0.5) is 8.78 Å². The van der Waals surface area contributed by atoms with E-state index in [-0.39, 0.29) is 16.7 Å². The summed E-state index contributed by atoms with van der Waals surface area (Å²) in [6, 6.07) is 20.0. The van der Waals surface area contributed by atoms with Gasteiger partial charge in [-0.3, -0.25) is 0 Å². The zero-order chi connectivity index (χ0) is 21.1. The lowest BCUT2D eigenvalue weighted by molar-refractivity contribution is 0.426. The van der Waals surface area contributed by atoms with E-state index in [1.807, 2.05) is 30.3 Å². The van der Waals surface area contributed by atoms with Crippen LogP contribution in [0.15, 0.2) is 77.7 Å². The van der Waals surface area contributed by atoms with Gasteiger partial charge in [-0.25, -0.2) is 17.2 Å². The molecule has 0 amide bonds. The van der Waals surface area contributed by atoms with E-state index >= 15 is 0 Å². The summed E-state index contributed by atoms with van der Waals surface area (Å²) in [4.78, 5) is 0.238. The monoisotopic (exact) mass is 445 g/mol. The lowest BCUT2D eigenvalue weighted by Crippen LogP contribution is -2.33. The van der Waals surface area contributed by atoms with Gasteiger partial charge in [0.15, 0.2) is 0 Å². The Kier molecular flexibility index (Phi) is 6.22. The van der Waals surface area contributed by atoms with Crippen LogP contribution in [0, 0.1) is 11.6 Å². The van der Waals surface area contributed by atoms with Crippen LogP contribution in [0.1, 0.15) is 17.2 Å². The Balaban J connectivity index is 1.51. The van der Waals surface area contributed by atoms with Gasteiger partial charge in [-0.2, -0.15) is 16.1 Å². The molecule has 3 aromatic rings. The average Bonchev–Trinajstić information content (AvgIpc) is 3.03. The second kappa shape index (κ2) is 8.88. The van der Waals surface area contributed by atoms with E-state index in [1.54, 1.807) is 24.3 Å². The number of benzene rings is 3. The Morgan fingerprint density at radius 3 is 2.30 bits per heavy atom. The van der Waals surface area contributed by atoms with Gasteiger partial charge in [-0.1, -0.05) is 42.5 Å². The van der Waals surface area contributed by atoms with Crippen LogP contribution in [-0.2, 0) is 10.0 Å². The summed E-state index contributed by atoms with van der Waals surface area (Å²) in [6.45, 7) is 0.595. The highest BCUT2D eigenvalue weighted by molar-refractivity contribution is 7.99. The van der Waals surface area contributed by atoms with Crippen LogP contribution in [0.2, 0.25) is 0 Å². The summed E-state index contributed by atoms with van der Waals surface area (Å²) < 4.78 is 55.4. The Bertz CT molecular complexity index is 1120. The molecule has 0 saturated carbocycles. The number of halogens is 2. The zero-order valence-electron chi connectivity index (χ0n) is 16.2. The van der Waals surface area contributed by atoms with Gasteiger partial charge in [-0.15, -0.1) is 0 Å². The molecule has 3 aromatic carbocycles. The molecular weight excluding hydrogens is 424 g/mol. The van der Waals surface area contributed by atoms with Crippen LogP contribution in [0.25, 0.3) is 11.1 Å². The van der Waals surface area contributed by atoms with E-state index in [0.717, 1.165) is 23.3 Å². The summed E-state index contributed by atoms with van der Waals surface area (Å²) in [6.07, 6.45) is 0.423. The maximum atomic E-state index is 14.1. The van der Waals surface area contributed by atoms with Crippen molar-refractivity contribution in [2.45, 2.75) is 16.6 Å². The van der Waals surface area contributed by atoms with E-state index in [0.29, 0.717) is 24.3 Å². The lowest BCUT2D eigenvalue weighted by Gasteiger charge is -2.20. The van der Waals surface area contributed by atoms with Crippen molar-refractivity contribution in [2.24, 2.45) is 0 Å². The number of sulfonamides is 1. The third kappa shape index (κ3) is 4.43. The SMILES string of the molecule is O=S(=O)(c1ccc(-c2ccccc2)cc1)N1CCSC(c2cc(F)ccc2F)CC1. The Hall–Kier alpha value is -2.22. The molecule has 1 heterocycles. The molecule has 1 saturated heterocycles. The molecule has 0 bridgehead atoms. The largest absolute Gasteiger partial charge is 0.243 e. The summed E-state index contributed by atoms with van der Waals surface area (Å²) in [5.74, 6) is -0.428. The smallest absolute Gasteiger partial charge is 0.207 e. The molecule has 1 fully saturated rings. The number of thioether (sulfide) groups is 1. The fourth-order valence-electron chi connectivity index (χ4n) is 3.60. The second-order valence-corrected chi connectivity index (χ2v) is 10.4. The van der Waals surface area contributed by atoms with Gasteiger partial charge in [0, 0.05) is 29.7 Å². The maximum Gasteiger partial charge on any atom is 0.243 e. The van der Waals surface area contributed by atoms with Crippen molar-refractivity contribution >= 4 is 21.8 Å². The average molecular weight is 446 g/mol. The molecule has 0 radical (unpaired) electrons. The molecule has 0 spiro atoms. The summed E-state index contributed by atoms with van der Waals surface area (Å²) in [5, 5.41) is -0.277. The van der Waals surface area contributed by atoms with E-state index in [1.165, 1.54) is 22.1 Å². The number of nitrogens with zero attached hydrogens (tertiary/aromatic N) is 1. The molecule has 1 aliphatic rings. The highest BCUT2D eigenvalue weighted by atomic mass is 32.2. The third-order valence-electron chi connectivity index (χ3n) is 5.20. The van der Waals surface area contributed by atoms with Crippen LogP contribution < -0.4 is 0 Å². The first kappa shape index (κ1) is 21.0. The Labute approximate surface area is 179 Å². The molecule has 0 aliphatic carbocycles. The normalized spacial score (nSPS) is 18.1.